The van der Waals surface area contributed by atoms with Crippen molar-refractivity contribution in [2.75, 3.05) is 126 Å². The molecule has 17 nitrogen and oxygen atoms in total. The summed E-state index contributed by atoms with van der Waals surface area (Å²) < 4.78 is 44.7. The van der Waals surface area contributed by atoms with E-state index in [1.54, 1.807) is 7.05 Å². The average Bonchev–Trinajstić information content (AvgIpc) is 3.18. The van der Waals surface area contributed by atoms with Gasteiger partial charge in [0, 0.05) is 44.8 Å². The molecule has 0 saturated carbocycles. The predicted molar refractivity (Wildman–Crippen MR) is 214 cm³/mol. The summed E-state index contributed by atoms with van der Waals surface area (Å²) >= 11 is 0. The molecule has 0 heterocycles. The van der Waals surface area contributed by atoms with E-state index in [1.165, 1.54) is 0 Å². The second-order valence-corrected chi connectivity index (χ2v) is 13.8. The first-order valence-electron chi connectivity index (χ1n) is 20.6. The number of hydrogen-bond acceptors (Lipinski definition) is 14. The van der Waals surface area contributed by atoms with E-state index >= 15 is 0 Å². The van der Waals surface area contributed by atoms with E-state index in [0.717, 1.165) is 50.8 Å². The molecule has 0 aliphatic heterocycles. The maximum absolute atomic E-state index is 12.4. The number of ether oxygens (including phenoxy) is 8. The van der Waals surface area contributed by atoms with E-state index in [2.05, 4.69) is 40.4 Å². The van der Waals surface area contributed by atoms with Crippen LogP contribution in [0.4, 0.5) is 0 Å². The van der Waals surface area contributed by atoms with Crippen molar-refractivity contribution in [3.05, 3.63) is 11.4 Å². The normalized spacial score (nSPS) is 17.2. The third-order valence-electron chi connectivity index (χ3n) is 8.85. The molecule has 1 aliphatic rings. The maximum atomic E-state index is 12.4. The number of hydrogen-bond donors (Lipinski definition) is 6. The molecule has 0 aromatic rings. The third kappa shape index (κ3) is 27.9. The van der Waals surface area contributed by atoms with Gasteiger partial charge in [0.2, 0.25) is 17.7 Å². The molecular formula is C39H76N6O11. The number of carbonyl (C=O) groups excluding carboxylic acids is 3. The smallest absolute Gasteiger partial charge is 0.246 e. The Kier molecular flexibility index (Phi) is 32.6. The molecule has 0 aromatic heterocycles. The predicted octanol–water partition coefficient (Wildman–Crippen LogP) is 0.993. The molecular weight excluding hydrogens is 728 g/mol. The second-order valence-electron chi connectivity index (χ2n) is 13.8. The quantitative estimate of drug-likeness (QED) is 0.0489. The summed E-state index contributed by atoms with van der Waals surface area (Å²) in [6.07, 6.45) is 5.65. The van der Waals surface area contributed by atoms with Crippen molar-refractivity contribution in [3.8, 4) is 0 Å². The van der Waals surface area contributed by atoms with Crippen LogP contribution in [0.5, 0.6) is 0 Å². The van der Waals surface area contributed by atoms with Crippen molar-refractivity contribution >= 4 is 17.7 Å². The number of nitrogens with one attached hydrogen (secondary N) is 5. The lowest BCUT2D eigenvalue weighted by Gasteiger charge is -2.25. The topological polar surface area (TPSA) is 211 Å². The fourth-order valence-electron chi connectivity index (χ4n) is 5.36. The molecule has 0 spiro atoms. The van der Waals surface area contributed by atoms with Crippen LogP contribution in [-0.4, -0.2) is 162 Å². The molecule has 328 valence electrons. The highest BCUT2D eigenvalue weighted by Crippen LogP contribution is 2.21. The molecule has 0 bridgehead atoms. The molecule has 0 fully saturated rings. The van der Waals surface area contributed by atoms with Crippen LogP contribution in [0.1, 0.15) is 72.6 Å². The number of likely N-dealkylation sites (N-methyl/N-ethyl adjacent to an activating group) is 1. The van der Waals surface area contributed by atoms with Gasteiger partial charge in [-0.15, -0.1) is 0 Å². The molecule has 2 unspecified atom stereocenters. The Labute approximate surface area is 335 Å². The number of allylic oxidation sites excluding steroid dienone is 1. The molecule has 1 rings (SSSR count). The van der Waals surface area contributed by atoms with Crippen molar-refractivity contribution < 1.29 is 52.3 Å². The van der Waals surface area contributed by atoms with Crippen molar-refractivity contribution in [2.45, 2.75) is 90.8 Å². The number of amides is 3. The van der Waals surface area contributed by atoms with Gasteiger partial charge < -0.3 is 70.2 Å². The fraction of sp³-hybridized carbons (Fsp3) is 0.872. The standard InChI is InChI=1S/C39H76N6O11/c1-6-32(4)42-13-17-50-21-25-54-26-22-51-18-14-43-33-10-8-7-9-11-34(37(33)40)56-30-36(47)44-15-19-52-23-27-55-29-28-53-24-20-49-16-12-35(46)45-38(31(2)3)39(48)41-5/h31-32,34,38,42-43H,6-30,40H2,1-5H3,(H,41,48)(H,44,47)(H,45,46)/b37-33-/t32?,34?,38-/m0/s1. The van der Waals surface area contributed by atoms with Crippen LogP contribution in [0.15, 0.2) is 11.4 Å². The Morgan fingerprint density at radius 2 is 1.23 bits per heavy atom. The van der Waals surface area contributed by atoms with Gasteiger partial charge in [0.15, 0.2) is 0 Å². The van der Waals surface area contributed by atoms with Crippen LogP contribution in [0.2, 0.25) is 0 Å². The van der Waals surface area contributed by atoms with Crippen LogP contribution in [0, 0.1) is 5.92 Å². The minimum atomic E-state index is -0.566. The van der Waals surface area contributed by atoms with E-state index in [0.29, 0.717) is 111 Å². The first kappa shape index (κ1) is 51.4. The summed E-state index contributed by atoms with van der Waals surface area (Å²) in [4.78, 5) is 36.3. The van der Waals surface area contributed by atoms with Gasteiger partial charge in [-0.05, 0) is 38.5 Å². The Morgan fingerprint density at radius 1 is 0.696 bits per heavy atom. The van der Waals surface area contributed by atoms with Gasteiger partial charge in [-0.3, -0.25) is 14.4 Å². The van der Waals surface area contributed by atoms with Crippen LogP contribution in [0.25, 0.3) is 0 Å². The van der Waals surface area contributed by atoms with Crippen molar-refractivity contribution in [1.82, 2.24) is 26.6 Å². The van der Waals surface area contributed by atoms with E-state index in [1.807, 2.05) is 13.8 Å². The third-order valence-corrected chi connectivity index (χ3v) is 8.85. The van der Waals surface area contributed by atoms with Crippen LogP contribution in [-0.2, 0) is 52.3 Å². The highest BCUT2D eigenvalue weighted by molar-refractivity contribution is 5.87. The first-order chi connectivity index (χ1) is 27.2. The highest BCUT2D eigenvalue weighted by atomic mass is 16.6. The molecule has 1 aliphatic carbocycles. The van der Waals surface area contributed by atoms with E-state index in [-0.39, 0.29) is 49.4 Å². The summed E-state index contributed by atoms with van der Waals surface area (Å²) in [5.74, 6) is -0.690. The summed E-state index contributed by atoms with van der Waals surface area (Å²) in [6, 6.07) is -0.0565. The van der Waals surface area contributed by atoms with Gasteiger partial charge >= 0.3 is 0 Å². The van der Waals surface area contributed by atoms with Crippen LogP contribution < -0.4 is 32.3 Å². The average molecular weight is 805 g/mol. The Hall–Kier alpha value is -2.61. The van der Waals surface area contributed by atoms with E-state index in [9.17, 15) is 14.4 Å². The van der Waals surface area contributed by atoms with Gasteiger partial charge in [0.25, 0.3) is 0 Å². The monoisotopic (exact) mass is 805 g/mol. The van der Waals surface area contributed by atoms with Crippen molar-refractivity contribution in [1.29, 1.82) is 0 Å². The van der Waals surface area contributed by atoms with Gasteiger partial charge in [0.05, 0.1) is 104 Å². The Balaban J connectivity index is 2.04. The zero-order chi connectivity index (χ0) is 41.1. The minimum absolute atomic E-state index is 0.0159. The first-order valence-corrected chi connectivity index (χ1v) is 20.6. The van der Waals surface area contributed by atoms with Crippen LogP contribution in [0.3, 0.4) is 0 Å². The molecule has 0 aromatic carbocycles. The van der Waals surface area contributed by atoms with Crippen molar-refractivity contribution in [3.63, 3.8) is 0 Å². The van der Waals surface area contributed by atoms with Crippen molar-refractivity contribution in [2.24, 2.45) is 11.7 Å². The highest BCUT2D eigenvalue weighted by Gasteiger charge is 2.23. The van der Waals surface area contributed by atoms with Gasteiger partial charge in [-0.2, -0.15) is 0 Å². The summed E-state index contributed by atoms with van der Waals surface area (Å²) in [5, 5.41) is 14.9. The lowest BCUT2D eigenvalue weighted by Crippen LogP contribution is -2.48. The van der Waals surface area contributed by atoms with Gasteiger partial charge in [-0.1, -0.05) is 33.6 Å². The largest absolute Gasteiger partial charge is 0.399 e. The van der Waals surface area contributed by atoms with Gasteiger partial charge in [-0.25, -0.2) is 0 Å². The summed E-state index contributed by atoms with van der Waals surface area (Å²) in [7, 11) is 1.54. The number of nitrogens with two attached hydrogens (primary N) is 1. The Bertz CT molecular complexity index is 1040. The molecule has 7 N–H and O–H groups in total. The Morgan fingerprint density at radius 3 is 1.79 bits per heavy atom. The second kappa shape index (κ2) is 35.5. The lowest BCUT2D eigenvalue weighted by molar-refractivity contribution is -0.130. The fourth-order valence-corrected chi connectivity index (χ4v) is 5.36. The number of carbonyl (C=O) groups is 3. The van der Waals surface area contributed by atoms with Gasteiger partial charge in [0.1, 0.15) is 12.6 Å². The lowest BCUT2D eigenvalue weighted by atomic mass is 9.99. The zero-order valence-corrected chi connectivity index (χ0v) is 35.1. The molecule has 0 radical (unpaired) electrons. The zero-order valence-electron chi connectivity index (χ0n) is 35.1. The summed E-state index contributed by atoms with van der Waals surface area (Å²) in [5.41, 5.74) is 8.14. The molecule has 3 amide bonds. The maximum Gasteiger partial charge on any atom is 0.246 e. The van der Waals surface area contributed by atoms with E-state index in [4.69, 9.17) is 43.6 Å². The van der Waals surface area contributed by atoms with Crippen LogP contribution >= 0.6 is 0 Å². The van der Waals surface area contributed by atoms with E-state index < -0.39 is 6.04 Å². The molecule has 0 saturated heterocycles. The number of rotatable bonds is 36. The minimum Gasteiger partial charge on any atom is -0.399 e. The molecule has 3 atom stereocenters. The SMILES string of the molecule is CCC(C)NCCOCCOCCOCCN/C1=C(\N)C(OCC(=O)NCCOCCOCCOCCOCCC(=O)N[C@H](C(=O)NC)C(C)C)CCCCC1. The summed E-state index contributed by atoms with van der Waals surface area (Å²) in [6.45, 7) is 16.1. The molecule has 17 heteroatoms. The molecule has 56 heavy (non-hydrogen) atoms.